The van der Waals surface area contributed by atoms with Crippen molar-refractivity contribution in [2.45, 2.75) is 70.8 Å². The summed E-state index contributed by atoms with van der Waals surface area (Å²) < 4.78 is 0. The average molecular weight is 302 g/mol. The number of carbonyl (C=O) groups excluding carboxylic acids is 1. The van der Waals surface area contributed by atoms with E-state index in [2.05, 4.69) is 30.5 Å². The topological polar surface area (TPSA) is 41.1 Å². The summed E-state index contributed by atoms with van der Waals surface area (Å²) in [5.74, 6) is 0.523. The van der Waals surface area contributed by atoms with Crippen molar-refractivity contribution in [3.05, 3.63) is 29.8 Å². The van der Waals surface area contributed by atoms with Crippen molar-refractivity contribution in [2.24, 2.45) is 0 Å². The fourth-order valence-corrected chi connectivity index (χ4v) is 3.20. The molecule has 0 radical (unpaired) electrons. The Hall–Kier alpha value is -1.35. The van der Waals surface area contributed by atoms with E-state index in [-0.39, 0.29) is 5.91 Å². The molecule has 3 heteroatoms. The number of nitrogens with one attached hydrogen (secondary N) is 2. The molecule has 1 aromatic carbocycles. The van der Waals surface area contributed by atoms with Crippen LogP contribution in [0.3, 0.4) is 0 Å². The molecule has 0 heterocycles. The van der Waals surface area contributed by atoms with Gasteiger partial charge in [-0.1, -0.05) is 57.7 Å². The first kappa shape index (κ1) is 17.0. The third-order valence-electron chi connectivity index (χ3n) is 4.50. The molecule has 122 valence electrons. The van der Waals surface area contributed by atoms with Crippen molar-refractivity contribution in [1.82, 2.24) is 5.32 Å². The Balaban J connectivity index is 1.76. The first-order valence-corrected chi connectivity index (χ1v) is 8.79. The van der Waals surface area contributed by atoms with Crippen molar-refractivity contribution in [3.63, 3.8) is 0 Å². The van der Waals surface area contributed by atoms with Crippen LogP contribution in [0.5, 0.6) is 0 Å². The lowest BCUT2D eigenvalue weighted by atomic mass is 10.0. The van der Waals surface area contributed by atoms with E-state index in [0.29, 0.717) is 18.4 Å². The molecule has 1 aliphatic rings. The van der Waals surface area contributed by atoms with Crippen LogP contribution in [0.15, 0.2) is 24.3 Å². The molecule has 0 saturated heterocycles. The second-order valence-corrected chi connectivity index (χ2v) is 6.68. The maximum absolute atomic E-state index is 12.1. The predicted molar refractivity (Wildman–Crippen MR) is 93.3 cm³/mol. The fraction of sp³-hybridized carbons (Fsp3) is 0.632. The van der Waals surface area contributed by atoms with E-state index in [1.807, 2.05) is 18.2 Å². The highest BCUT2D eigenvalue weighted by Gasteiger charge is 2.13. The van der Waals surface area contributed by atoms with Gasteiger partial charge in [-0.2, -0.15) is 0 Å². The molecular formula is C19H30N2O. The number of carbonyl (C=O) groups is 1. The van der Waals surface area contributed by atoms with E-state index in [1.165, 1.54) is 44.1 Å². The first-order valence-electron chi connectivity index (χ1n) is 8.79. The van der Waals surface area contributed by atoms with Gasteiger partial charge >= 0.3 is 0 Å². The summed E-state index contributed by atoms with van der Waals surface area (Å²) >= 11 is 0. The van der Waals surface area contributed by atoms with Crippen LogP contribution in [0.25, 0.3) is 0 Å². The van der Waals surface area contributed by atoms with Crippen molar-refractivity contribution < 1.29 is 4.79 Å². The zero-order valence-electron chi connectivity index (χ0n) is 14.0. The van der Waals surface area contributed by atoms with E-state index in [0.717, 1.165) is 12.2 Å². The number of anilines is 1. The van der Waals surface area contributed by atoms with Gasteiger partial charge < -0.3 is 10.6 Å². The van der Waals surface area contributed by atoms with Gasteiger partial charge in [0, 0.05) is 24.7 Å². The first-order chi connectivity index (χ1) is 10.7. The second-order valence-electron chi connectivity index (χ2n) is 6.68. The lowest BCUT2D eigenvalue weighted by Gasteiger charge is -2.17. The number of hydrogen-bond donors (Lipinski definition) is 2. The van der Waals surface area contributed by atoms with Gasteiger partial charge in [-0.25, -0.2) is 0 Å². The molecule has 1 saturated carbocycles. The third kappa shape index (κ3) is 5.45. The molecule has 2 N–H and O–H groups in total. The minimum Gasteiger partial charge on any atom is -0.326 e. The monoisotopic (exact) mass is 302 g/mol. The van der Waals surface area contributed by atoms with Crippen LogP contribution in [-0.2, 0) is 4.79 Å². The quantitative estimate of drug-likeness (QED) is 0.762. The van der Waals surface area contributed by atoms with Crippen LogP contribution >= 0.6 is 0 Å². The van der Waals surface area contributed by atoms with Gasteiger partial charge in [0.25, 0.3) is 0 Å². The average Bonchev–Trinajstić information content (AvgIpc) is 2.76. The maximum atomic E-state index is 12.1. The molecule has 0 bridgehead atoms. The summed E-state index contributed by atoms with van der Waals surface area (Å²) in [5.41, 5.74) is 2.16. The van der Waals surface area contributed by atoms with Crippen LogP contribution in [0.4, 0.5) is 5.69 Å². The van der Waals surface area contributed by atoms with Crippen LogP contribution in [0.2, 0.25) is 0 Å². The van der Waals surface area contributed by atoms with Crippen LogP contribution in [-0.4, -0.2) is 18.5 Å². The Morgan fingerprint density at radius 2 is 1.82 bits per heavy atom. The highest BCUT2D eigenvalue weighted by Crippen LogP contribution is 2.23. The smallest absolute Gasteiger partial charge is 0.225 e. The number of rotatable bonds is 6. The van der Waals surface area contributed by atoms with Gasteiger partial charge in [0.1, 0.15) is 0 Å². The molecule has 1 aromatic rings. The molecule has 0 spiro atoms. The molecule has 1 fully saturated rings. The van der Waals surface area contributed by atoms with Gasteiger partial charge in [-0.05, 0) is 30.4 Å². The largest absolute Gasteiger partial charge is 0.326 e. The highest BCUT2D eigenvalue weighted by atomic mass is 16.1. The lowest BCUT2D eigenvalue weighted by molar-refractivity contribution is -0.116. The van der Waals surface area contributed by atoms with E-state index in [4.69, 9.17) is 0 Å². The minimum absolute atomic E-state index is 0.106. The Morgan fingerprint density at radius 3 is 2.50 bits per heavy atom. The second kappa shape index (κ2) is 8.94. The Kier molecular flexibility index (Phi) is 6.91. The molecule has 1 aliphatic carbocycles. The number of benzene rings is 1. The van der Waals surface area contributed by atoms with E-state index in [1.54, 1.807) is 0 Å². The zero-order valence-corrected chi connectivity index (χ0v) is 14.0. The summed E-state index contributed by atoms with van der Waals surface area (Å²) in [6, 6.07) is 8.69. The van der Waals surface area contributed by atoms with Gasteiger partial charge in [0.2, 0.25) is 5.91 Å². The minimum atomic E-state index is 0.106. The third-order valence-corrected chi connectivity index (χ3v) is 4.50. The summed E-state index contributed by atoms with van der Waals surface area (Å²) in [5, 5.41) is 6.62. The van der Waals surface area contributed by atoms with Crippen molar-refractivity contribution in [2.75, 3.05) is 11.9 Å². The highest BCUT2D eigenvalue weighted by molar-refractivity contribution is 5.91. The van der Waals surface area contributed by atoms with Crippen molar-refractivity contribution >= 4 is 11.6 Å². The lowest BCUT2D eigenvalue weighted by Crippen LogP contribution is -2.31. The molecule has 2 rings (SSSR count). The van der Waals surface area contributed by atoms with Gasteiger partial charge in [0.05, 0.1) is 0 Å². The van der Waals surface area contributed by atoms with Gasteiger partial charge in [-0.15, -0.1) is 0 Å². The molecule has 0 unspecified atom stereocenters. The van der Waals surface area contributed by atoms with E-state index >= 15 is 0 Å². The van der Waals surface area contributed by atoms with Crippen molar-refractivity contribution in [3.8, 4) is 0 Å². The Morgan fingerprint density at radius 1 is 1.14 bits per heavy atom. The van der Waals surface area contributed by atoms with E-state index < -0.39 is 0 Å². The van der Waals surface area contributed by atoms with Crippen LogP contribution in [0.1, 0.15) is 70.3 Å². The summed E-state index contributed by atoms with van der Waals surface area (Å²) in [6.45, 7) is 5.08. The predicted octanol–water partition coefficient (Wildman–Crippen LogP) is 4.45. The van der Waals surface area contributed by atoms with Gasteiger partial charge in [0.15, 0.2) is 0 Å². The Bertz CT molecular complexity index is 462. The molecule has 0 atom stereocenters. The van der Waals surface area contributed by atoms with E-state index in [9.17, 15) is 4.79 Å². The standard InChI is InChI=1S/C19H30N2O/c1-15(2)17-11-7-8-12-18(17)21-19(22)13-14-20-16-9-5-3-4-6-10-16/h7-8,11-12,15-16,20H,3-6,9-10,13-14H2,1-2H3,(H,21,22). The number of hydrogen-bond acceptors (Lipinski definition) is 2. The summed E-state index contributed by atoms with van der Waals surface area (Å²) in [4.78, 5) is 12.1. The Labute approximate surface area is 134 Å². The molecule has 22 heavy (non-hydrogen) atoms. The number of amides is 1. The SMILES string of the molecule is CC(C)c1ccccc1NC(=O)CCNC1CCCCCC1. The number of para-hydroxylation sites is 1. The van der Waals surface area contributed by atoms with Gasteiger partial charge in [-0.3, -0.25) is 4.79 Å². The molecule has 0 aromatic heterocycles. The molecule has 3 nitrogen and oxygen atoms in total. The maximum Gasteiger partial charge on any atom is 0.225 e. The van der Waals surface area contributed by atoms with Crippen LogP contribution < -0.4 is 10.6 Å². The molecular weight excluding hydrogens is 272 g/mol. The van der Waals surface area contributed by atoms with Crippen molar-refractivity contribution in [1.29, 1.82) is 0 Å². The molecule has 0 aliphatic heterocycles. The van der Waals surface area contributed by atoms with Crippen LogP contribution in [0, 0.1) is 0 Å². The molecule has 1 amide bonds. The zero-order chi connectivity index (χ0) is 15.8. The summed E-state index contributed by atoms with van der Waals surface area (Å²) in [7, 11) is 0. The normalized spacial score (nSPS) is 16.5. The summed E-state index contributed by atoms with van der Waals surface area (Å²) in [6.07, 6.45) is 8.45. The fourth-order valence-electron chi connectivity index (χ4n) is 3.20.